The second-order valence-corrected chi connectivity index (χ2v) is 5.13. The van der Waals surface area contributed by atoms with Crippen LogP contribution in [0.25, 0.3) is 12.2 Å². The maximum atomic E-state index is 12.9. The van der Waals surface area contributed by atoms with Gasteiger partial charge in [0.2, 0.25) is 0 Å². The Morgan fingerprint density at radius 1 is 0.625 bits per heavy atom. The van der Waals surface area contributed by atoms with Gasteiger partial charge in [0, 0.05) is 0 Å². The molecular formula is C18H12F2N2O2. The van der Waals surface area contributed by atoms with Crippen molar-refractivity contribution in [2.75, 3.05) is 0 Å². The maximum Gasteiger partial charge on any atom is 0.272 e. The lowest BCUT2D eigenvalue weighted by atomic mass is 10.2. The first-order valence-corrected chi connectivity index (χ1v) is 7.08. The summed E-state index contributed by atoms with van der Waals surface area (Å²) in [5.41, 5.74) is 0.167. The molecule has 0 saturated carbocycles. The predicted molar refractivity (Wildman–Crippen MR) is 86.9 cm³/mol. The third-order valence-electron chi connectivity index (χ3n) is 3.35. The van der Waals surface area contributed by atoms with Crippen LogP contribution >= 0.6 is 0 Å². The van der Waals surface area contributed by atoms with Crippen molar-refractivity contribution in [2.24, 2.45) is 0 Å². The largest absolute Gasteiger partial charge is 0.316 e. The van der Waals surface area contributed by atoms with E-state index >= 15 is 0 Å². The molecule has 0 aliphatic rings. The molecular weight excluding hydrogens is 314 g/mol. The molecule has 0 saturated heterocycles. The van der Waals surface area contributed by atoms with Crippen LogP contribution in [0.2, 0.25) is 0 Å². The van der Waals surface area contributed by atoms with Gasteiger partial charge in [0.1, 0.15) is 22.3 Å². The van der Waals surface area contributed by atoms with Crippen molar-refractivity contribution in [1.82, 2.24) is 9.97 Å². The molecule has 0 bridgehead atoms. The molecule has 1 heterocycles. The molecule has 0 fully saturated rings. The number of aromatic amines is 2. The van der Waals surface area contributed by atoms with Crippen molar-refractivity contribution in [3.8, 4) is 0 Å². The number of nitrogens with one attached hydrogen (secondary N) is 2. The first-order valence-electron chi connectivity index (χ1n) is 7.08. The fourth-order valence-electron chi connectivity index (χ4n) is 2.15. The normalized spacial score (nSPS) is 12.6. The fourth-order valence-corrected chi connectivity index (χ4v) is 2.15. The van der Waals surface area contributed by atoms with Gasteiger partial charge < -0.3 is 9.97 Å². The van der Waals surface area contributed by atoms with Crippen molar-refractivity contribution in [2.45, 2.75) is 0 Å². The van der Waals surface area contributed by atoms with Crippen molar-refractivity contribution in [3.05, 3.63) is 103 Å². The minimum absolute atomic E-state index is 0.0582. The van der Waals surface area contributed by atoms with Gasteiger partial charge in [0.05, 0.1) is 0 Å². The summed E-state index contributed by atoms with van der Waals surface area (Å²) in [4.78, 5) is 29.2. The quantitative estimate of drug-likeness (QED) is 0.738. The molecule has 0 spiro atoms. The zero-order valence-electron chi connectivity index (χ0n) is 12.3. The van der Waals surface area contributed by atoms with Crippen LogP contribution in [-0.4, -0.2) is 9.97 Å². The molecule has 4 nitrogen and oxygen atoms in total. The summed E-state index contributed by atoms with van der Waals surface area (Å²) in [6, 6.07) is 11.0. The number of aromatic nitrogens is 2. The van der Waals surface area contributed by atoms with Crippen LogP contribution in [-0.2, 0) is 0 Å². The highest BCUT2D eigenvalue weighted by Gasteiger charge is 1.98. The highest BCUT2D eigenvalue weighted by Crippen LogP contribution is 2.03. The van der Waals surface area contributed by atoms with E-state index in [0.29, 0.717) is 11.1 Å². The predicted octanol–water partition coefficient (Wildman–Crippen LogP) is 0.999. The third-order valence-corrected chi connectivity index (χ3v) is 3.35. The number of H-pyrrole nitrogens is 2. The van der Waals surface area contributed by atoms with Crippen LogP contribution in [0, 0.1) is 11.6 Å². The highest BCUT2D eigenvalue weighted by molar-refractivity contribution is 5.49. The number of hydrogen-bond donors (Lipinski definition) is 2. The van der Waals surface area contributed by atoms with Gasteiger partial charge in [-0.25, -0.2) is 8.78 Å². The van der Waals surface area contributed by atoms with Crippen molar-refractivity contribution < 1.29 is 8.78 Å². The summed E-state index contributed by atoms with van der Waals surface area (Å²) in [6.45, 7) is 0. The Bertz CT molecular complexity index is 1000. The first kappa shape index (κ1) is 15.6. The van der Waals surface area contributed by atoms with Crippen molar-refractivity contribution >= 4 is 12.2 Å². The SMILES string of the molecule is O=c1[nH]c(=Cc2ccc(F)cc2)c(=O)[nH]c1=Cc1ccc(F)cc1. The van der Waals surface area contributed by atoms with Crippen LogP contribution < -0.4 is 21.8 Å². The van der Waals surface area contributed by atoms with Gasteiger partial charge in [0.15, 0.2) is 0 Å². The molecule has 0 amide bonds. The van der Waals surface area contributed by atoms with Crippen molar-refractivity contribution in [1.29, 1.82) is 0 Å². The van der Waals surface area contributed by atoms with E-state index < -0.39 is 22.8 Å². The molecule has 0 radical (unpaired) electrons. The molecule has 6 heteroatoms. The van der Waals surface area contributed by atoms with Gasteiger partial charge in [-0.3, -0.25) is 9.59 Å². The Morgan fingerprint density at radius 3 is 1.29 bits per heavy atom. The summed E-state index contributed by atoms with van der Waals surface area (Å²) in [5, 5.41) is 0.116. The fraction of sp³-hybridized carbons (Fsp3) is 0. The van der Waals surface area contributed by atoms with Crippen LogP contribution in [0.1, 0.15) is 11.1 Å². The van der Waals surface area contributed by atoms with Gasteiger partial charge in [-0.05, 0) is 47.5 Å². The monoisotopic (exact) mass is 326 g/mol. The zero-order valence-corrected chi connectivity index (χ0v) is 12.3. The Morgan fingerprint density at radius 2 is 0.958 bits per heavy atom. The minimum Gasteiger partial charge on any atom is -0.316 e. The van der Waals surface area contributed by atoms with Crippen molar-refractivity contribution in [3.63, 3.8) is 0 Å². The van der Waals surface area contributed by atoms with Crippen LogP contribution in [0.3, 0.4) is 0 Å². The van der Waals surface area contributed by atoms with E-state index in [1.165, 1.54) is 60.7 Å². The standard InChI is InChI=1S/C18H12F2N2O2/c19-13-5-1-11(2-6-13)9-15-17(23)22-16(18(24)21-15)10-12-3-7-14(20)8-4-12/h1-10H,(H,21,24)(H,22,23). The van der Waals surface area contributed by atoms with Crippen LogP contribution in [0.4, 0.5) is 8.78 Å². The second kappa shape index (κ2) is 6.45. The van der Waals surface area contributed by atoms with Gasteiger partial charge in [-0.15, -0.1) is 0 Å². The average Bonchev–Trinajstić information content (AvgIpc) is 2.56. The van der Waals surface area contributed by atoms with Gasteiger partial charge >= 0.3 is 0 Å². The van der Waals surface area contributed by atoms with E-state index in [1.807, 2.05) is 0 Å². The van der Waals surface area contributed by atoms with E-state index in [0.717, 1.165) is 0 Å². The smallest absolute Gasteiger partial charge is 0.272 e. The molecule has 3 rings (SSSR count). The molecule has 24 heavy (non-hydrogen) atoms. The molecule has 1 aromatic heterocycles. The third kappa shape index (κ3) is 3.55. The maximum absolute atomic E-state index is 12.9. The van der Waals surface area contributed by atoms with E-state index in [9.17, 15) is 18.4 Å². The molecule has 0 unspecified atom stereocenters. The number of rotatable bonds is 2. The van der Waals surface area contributed by atoms with E-state index in [2.05, 4.69) is 9.97 Å². The zero-order chi connectivity index (χ0) is 17.1. The summed E-state index contributed by atoms with van der Waals surface area (Å²) in [5.74, 6) is -0.780. The molecule has 3 aromatic rings. The van der Waals surface area contributed by atoms with Gasteiger partial charge in [-0.1, -0.05) is 24.3 Å². The average molecular weight is 326 g/mol. The van der Waals surface area contributed by atoms with Gasteiger partial charge in [-0.2, -0.15) is 0 Å². The van der Waals surface area contributed by atoms with Crippen LogP contribution in [0.5, 0.6) is 0 Å². The summed E-state index contributed by atoms with van der Waals surface area (Å²) in [6.07, 6.45) is 2.89. The summed E-state index contributed by atoms with van der Waals surface area (Å²) >= 11 is 0. The Labute approximate surface area is 134 Å². The Kier molecular flexibility index (Phi) is 4.20. The first-order chi connectivity index (χ1) is 11.5. The minimum atomic E-state index is -0.493. The topological polar surface area (TPSA) is 65.7 Å². The van der Waals surface area contributed by atoms with Crippen LogP contribution in [0.15, 0.2) is 58.1 Å². The number of halogens is 2. The summed E-state index contributed by atoms with van der Waals surface area (Å²) in [7, 11) is 0. The Hall–Kier alpha value is -3.28. The molecule has 0 atom stereocenters. The Balaban J connectivity index is 2.09. The highest BCUT2D eigenvalue weighted by atomic mass is 19.1. The number of hydrogen-bond acceptors (Lipinski definition) is 2. The molecule has 2 aromatic carbocycles. The lowest BCUT2D eigenvalue weighted by Crippen LogP contribution is -2.46. The molecule has 0 aliphatic carbocycles. The second-order valence-electron chi connectivity index (χ2n) is 5.13. The molecule has 0 aliphatic heterocycles. The van der Waals surface area contributed by atoms with E-state index in [1.54, 1.807) is 0 Å². The van der Waals surface area contributed by atoms with E-state index in [-0.39, 0.29) is 10.7 Å². The number of benzene rings is 2. The lowest BCUT2D eigenvalue weighted by molar-refractivity contribution is 0.627. The van der Waals surface area contributed by atoms with E-state index in [4.69, 9.17) is 0 Å². The molecule has 120 valence electrons. The lowest BCUT2D eigenvalue weighted by Gasteiger charge is -1.95. The summed E-state index contributed by atoms with van der Waals surface area (Å²) < 4.78 is 25.8. The molecule has 2 N–H and O–H groups in total. The van der Waals surface area contributed by atoms with Gasteiger partial charge in [0.25, 0.3) is 11.1 Å².